The van der Waals surface area contributed by atoms with Crippen molar-refractivity contribution >= 4 is 11.8 Å². The van der Waals surface area contributed by atoms with Crippen LogP contribution in [0.25, 0.3) is 11.4 Å². The summed E-state index contributed by atoms with van der Waals surface area (Å²) in [5, 5.41) is 8.61. The van der Waals surface area contributed by atoms with Gasteiger partial charge in [0.25, 0.3) is 11.8 Å². The van der Waals surface area contributed by atoms with Gasteiger partial charge < -0.3 is 14.3 Å². The number of fused-ring (bicyclic) bond motifs is 2. The number of carbonyl (C=O) groups excluding carboxylic acids is 2. The SMILES string of the molecule is Cc1ccc(C23Cn4nc(-c5ccccn5)cc4C(=O)N2CCN3C(=O)c2conc2C)cc1. The summed E-state index contributed by atoms with van der Waals surface area (Å²) in [5.41, 5.74) is 3.63. The van der Waals surface area contributed by atoms with Crippen LogP contribution in [-0.2, 0) is 12.2 Å². The van der Waals surface area contributed by atoms with Gasteiger partial charge in [0.15, 0.2) is 5.66 Å². The first-order valence-electron chi connectivity index (χ1n) is 11.1. The normalized spacial score (nSPS) is 19.3. The molecular formula is C25H22N6O3. The van der Waals surface area contributed by atoms with E-state index in [2.05, 4.69) is 10.1 Å². The van der Waals surface area contributed by atoms with E-state index in [1.54, 1.807) is 33.7 Å². The molecular weight excluding hydrogens is 432 g/mol. The summed E-state index contributed by atoms with van der Waals surface area (Å²) in [6.45, 7) is 4.85. The minimum Gasteiger partial charge on any atom is -0.364 e. The zero-order valence-corrected chi connectivity index (χ0v) is 18.8. The third-order valence-electron chi connectivity index (χ3n) is 6.72. The van der Waals surface area contributed by atoms with Crippen LogP contribution in [-0.4, -0.2) is 54.6 Å². The number of hydrogen-bond acceptors (Lipinski definition) is 6. The molecule has 9 nitrogen and oxygen atoms in total. The van der Waals surface area contributed by atoms with E-state index < -0.39 is 5.66 Å². The first-order chi connectivity index (χ1) is 16.5. The van der Waals surface area contributed by atoms with Crippen molar-refractivity contribution in [2.75, 3.05) is 13.1 Å². The second kappa shape index (κ2) is 7.38. The molecule has 1 atom stereocenters. The maximum Gasteiger partial charge on any atom is 0.274 e. The summed E-state index contributed by atoms with van der Waals surface area (Å²) in [6, 6.07) is 15.3. The van der Waals surface area contributed by atoms with E-state index in [0.717, 1.165) is 11.1 Å². The molecule has 0 N–H and O–H groups in total. The Morgan fingerprint density at radius 1 is 1.06 bits per heavy atom. The van der Waals surface area contributed by atoms with Crippen molar-refractivity contribution in [2.24, 2.45) is 0 Å². The van der Waals surface area contributed by atoms with Gasteiger partial charge in [0.2, 0.25) is 0 Å². The van der Waals surface area contributed by atoms with Crippen LogP contribution in [0.4, 0.5) is 0 Å². The fourth-order valence-corrected chi connectivity index (χ4v) is 4.99. The Hall–Kier alpha value is -4.27. The highest BCUT2D eigenvalue weighted by Crippen LogP contribution is 2.44. The lowest BCUT2D eigenvalue weighted by atomic mass is 9.93. The molecule has 2 aliphatic rings. The van der Waals surface area contributed by atoms with Gasteiger partial charge in [0.1, 0.15) is 23.2 Å². The van der Waals surface area contributed by atoms with E-state index >= 15 is 0 Å². The molecule has 0 aliphatic carbocycles. The molecule has 0 saturated carbocycles. The number of carbonyl (C=O) groups is 2. The molecule has 2 aliphatic heterocycles. The number of aryl methyl sites for hydroxylation is 2. The maximum absolute atomic E-state index is 13.8. The number of benzene rings is 1. The highest BCUT2D eigenvalue weighted by molar-refractivity contribution is 5.99. The lowest BCUT2D eigenvalue weighted by Crippen LogP contribution is -2.60. The van der Waals surface area contributed by atoms with Crippen molar-refractivity contribution in [2.45, 2.75) is 26.1 Å². The highest BCUT2D eigenvalue weighted by Gasteiger charge is 2.57. The molecule has 2 amide bonds. The van der Waals surface area contributed by atoms with Gasteiger partial charge in [-0.15, -0.1) is 0 Å². The monoisotopic (exact) mass is 454 g/mol. The molecule has 6 rings (SSSR count). The van der Waals surface area contributed by atoms with Gasteiger partial charge in [-0.25, -0.2) is 0 Å². The molecule has 1 saturated heterocycles. The molecule has 1 fully saturated rings. The Morgan fingerprint density at radius 2 is 1.88 bits per heavy atom. The maximum atomic E-state index is 13.8. The number of rotatable bonds is 3. The van der Waals surface area contributed by atoms with Gasteiger partial charge in [0, 0.05) is 24.8 Å². The molecule has 5 heterocycles. The van der Waals surface area contributed by atoms with Gasteiger partial charge in [-0.1, -0.05) is 41.1 Å². The second-order valence-corrected chi connectivity index (χ2v) is 8.70. The van der Waals surface area contributed by atoms with Gasteiger partial charge >= 0.3 is 0 Å². The molecule has 1 unspecified atom stereocenters. The summed E-state index contributed by atoms with van der Waals surface area (Å²) in [7, 11) is 0. The standard InChI is InChI=1S/C25H22N6O3/c1-16-6-8-18(9-7-16)25-15-31-22(13-21(27-31)20-5-3-4-10-26-20)24(33)30(25)12-11-29(25)23(32)19-14-34-28-17(19)2/h3-10,13-14H,11-12,15H2,1-2H3. The van der Waals surface area contributed by atoms with Crippen LogP contribution >= 0.6 is 0 Å². The van der Waals surface area contributed by atoms with E-state index in [-0.39, 0.29) is 11.8 Å². The van der Waals surface area contributed by atoms with Crippen LogP contribution in [0.5, 0.6) is 0 Å². The van der Waals surface area contributed by atoms with Crippen molar-refractivity contribution in [3.05, 3.63) is 89.1 Å². The van der Waals surface area contributed by atoms with Gasteiger partial charge in [-0.3, -0.25) is 19.3 Å². The van der Waals surface area contributed by atoms with E-state index in [0.29, 0.717) is 48.0 Å². The highest BCUT2D eigenvalue weighted by atomic mass is 16.5. The first kappa shape index (κ1) is 20.3. The van der Waals surface area contributed by atoms with Crippen molar-refractivity contribution < 1.29 is 14.1 Å². The third-order valence-corrected chi connectivity index (χ3v) is 6.72. The second-order valence-electron chi connectivity index (χ2n) is 8.70. The lowest BCUT2D eigenvalue weighted by molar-refractivity contribution is -0.00850. The molecule has 1 aromatic carbocycles. The van der Waals surface area contributed by atoms with Crippen LogP contribution in [0.3, 0.4) is 0 Å². The summed E-state index contributed by atoms with van der Waals surface area (Å²) in [6.07, 6.45) is 3.07. The molecule has 170 valence electrons. The zero-order chi connectivity index (χ0) is 23.4. The number of hydrogen-bond donors (Lipinski definition) is 0. The molecule has 0 radical (unpaired) electrons. The van der Waals surface area contributed by atoms with Crippen molar-refractivity contribution in [3.8, 4) is 11.4 Å². The van der Waals surface area contributed by atoms with Crippen molar-refractivity contribution in [1.29, 1.82) is 0 Å². The number of pyridine rings is 1. The van der Waals surface area contributed by atoms with Crippen LogP contribution in [0.15, 0.2) is 65.5 Å². The fourth-order valence-electron chi connectivity index (χ4n) is 4.99. The van der Waals surface area contributed by atoms with Crippen LogP contribution in [0, 0.1) is 13.8 Å². The Labute approximate surface area is 195 Å². The fraction of sp³-hybridized carbons (Fsp3) is 0.240. The topological polar surface area (TPSA) is 97.4 Å². The Bertz CT molecular complexity index is 1410. The van der Waals surface area contributed by atoms with E-state index in [1.807, 2.05) is 49.4 Å². The molecule has 0 bridgehead atoms. The smallest absolute Gasteiger partial charge is 0.274 e. The summed E-state index contributed by atoms with van der Waals surface area (Å²) in [4.78, 5) is 35.4. The molecule has 9 heteroatoms. The molecule has 34 heavy (non-hydrogen) atoms. The van der Waals surface area contributed by atoms with Gasteiger partial charge in [-0.2, -0.15) is 5.10 Å². The Morgan fingerprint density at radius 3 is 2.59 bits per heavy atom. The van der Waals surface area contributed by atoms with Crippen LogP contribution in [0.2, 0.25) is 0 Å². The average molecular weight is 454 g/mol. The average Bonchev–Trinajstić information content (AvgIpc) is 3.57. The Balaban J connectivity index is 1.52. The minimum absolute atomic E-state index is 0.168. The van der Waals surface area contributed by atoms with E-state index in [9.17, 15) is 9.59 Å². The first-order valence-corrected chi connectivity index (χ1v) is 11.1. The van der Waals surface area contributed by atoms with Crippen molar-refractivity contribution in [3.63, 3.8) is 0 Å². The largest absolute Gasteiger partial charge is 0.364 e. The number of amides is 2. The summed E-state index contributed by atoms with van der Waals surface area (Å²) >= 11 is 0. The van der Waals surface area contributed by atoms with Gasteiger partial charge in [0.05, 0.1) is 17.9 Å². The number of nitrogens with zero attached hydrogens (tertiary/aromatic N) is 6. The zero-order valence-electron chi connectivity index (χ0n) is 18.8. The molecule has 0 spiro atoms. The van der Waals surface area contributed by atoms with Gasteiger partial charge in [-0.05, 0) is 32.0 Å². The predicted octanol–water partition coefficient (Wildman–Crippen LogP) is 3.01. The minimum atomic E-state index is -1.02. The molecule has 3 aromatic heterocycles. The van der Waals surface area contributed by atoms with Crippen LogP contribution in [0.1, 0.15) is 37.7 Å². The number of aromatic nitrogens is 4. The molecule has 4 aromatic rings. The Kier molecular flexibility index (Phi) is 4.41. The predicted molar refractivity (Wildman–Crippen MR) is 122 cm³/mol. The summed E-state index contributed by atoms with van der Waals surface area (Å²) in [5.74, 6) is -0.394. The van der Waals surface area contributed by atoms with E-state index in [4.69, 9.17) is 9.62 Å². The van der Waals surface area contributed by atoms with Crippen LogP contribution < -0.4 is 0 Å². The van der Waals surface area contributed by atoms with Crippen molar-refractivity contribution in [1.82, 2.24) is 29.7 Å². The summed E-state index contributed by atoms with van der Waals surface area (Å²) < 4.78 is 6.75. The quantitative estimate of drug-likeness (QED) is 0.472. The third kappa shape index (κ3) is 2.83. The lowest BCUT2D eigenvalue weighted by Gasteiger charge is -2.46. The van der Waals surface area contributed by atoms with E-state index in [1.165, 1.54) is 6.26 Å².